The molecule has 170 valence electrons. The number of fused-ring (bicyclic) bond motifs is 1. The molecule has 2 N–H and O–H groups in total. The van der Waals surface area contributed by atoms with Gasteiger partial charge in [-0.2, -0.15) is 0 Å². The Balaban J connectivity index is 1.70. The van der Waals surface area contributed by atoms with Crippen LogP contribution in [0.5, 0.6) is 0 Å². The summed E-state index contributed by atoms with van der Waals surface area (Å²) in [6.07, 6.45) is 0.389. The molecule has 8 heteroatoms. The highest BCUT2D eigenvalue weighted by molar-refractivity contribution is 7.89. The maximum atomic E-state index is 12.7. The third-order valence-electron chi connectivity index (χ3n) is 5.46. The van der Waals surface area contributed by atoms with Crippen LogP contribution in [-0.2, 0) is 27.8 Å². The number of rotatable bonds is 9. The van der Waals surface area contributed by atoms with Crippen molar-refractivity contribution in [3.63, 3.8) is 0 Å². The number of hydrogen-bond acceptors (Lipinski definition) is 3. The molecule has 0 unspecified atom stereocenters. The van der Waals surface area contributed by atoms with Crippen LogP contribution >= 0.6 is 11.6 Å². The molecule has 0 bridgehead atoms. The smallest absolute Gasteiger partial charge is 0.303 e. The van der Waals surface area contributed by atoms with E-state index in [0.717, 1.165) is 27.7 Å². The second kappa shape index (κ2) is 9.79. The van der Waals surface area contributed by atoms with Crippen LogP contribution < -0.4 is 4.72 Å². The van der Waals surface area contributed by atoms with Crippen molar-refractivity contribution in [1.29, 1.82) is 0 Å². The monoisotopic (exact) mass is 482 g/mol. The molecule has 33 heavy (non-hydrogen) atoms. The number of carboxylic acid groups (broad SMARTS) is 1. The molecule has 0 saturated heterocycles. The average Bonchev–Trinajstić information content (AvgIpc) is 3.12. The van der Waals surface area contributed by atoms with E-state index in [2.05, 4.69) is 9.29 Å². The summed E-state index contributed by atoms with van der Waals surface area (Å²) in [5.74, 6) is -0.860. The molecule has 0 saturated carbocycles. The second-order valence-electron chi connectivity index (χ2n) is 7.61. The number of para-hydroxylation sites is 1. The first kappa shape index (κ1) is 23.0. The number of halogens is 1. The van der Waals surface area contributed by atoms with Gasteiger partial charge in [-0.1, -0.05) is 60.1 Å². The maximum Gasteiger partial charge on any atom is 0.303 e. The fourth-order valence-corrected chi connectivity index (χ4v) is 5.15. The van der Waals surface area contributed by atoms with Crippen LogP contribution in [-0.4, -0.2) is 30.6 Å². The lowest BCUT2D eigenvalue weighted by atomic mass is 10.0. The van der Waals surface area contributed by atoms with Gasteiger partial charge in [0.25, 0.3) is 0 Å². The fraction of sp³-hybridized carbons (Fsp3) is 0.160. The van der Waals surface area contributed by atoms with Crippen LogP contribution in [0, 0.1) is 0 Å². The van der Waals surface area contributed by atoms with Crippen molar-refractivity contribution in [2.75, 3.05) is 6.54 Å². The average molecular weight is 483 g/mol. The van der Waals surface area contributed by atoms with E-state index in [1.807, 2.05) is 54.6 Å². The minimum absolute atomic E-state index is 0.0109. The van der Waals surface area contributed by atoms with Crippen LogP contribution in [0.3, 0.4) is 0 Å². The summed E-state index contributed by atoms with van der Waals surface area (Å²) in [6, 6.07) is 23.6. The lowest BCUT2D eigenvalue weighted by Crippen LogP contribution is -2.27. The van der Waals surface area contributed by atoms with Crippen molar-refractivity contribution >= 4 is 38.5 Å². The standard InChI is InChI=1S/C25H23ClN2O4S/c26-19-10-12-20(13-11-19)33(31,32)27-16-17-28-23-9-5-4-8-21(23)22(14-15-24(29)30)25(28)18-6-2-1-3-7-18/h1-13,27H,14-17H2,(H,29,30). The Kier molecular flexibility index (Phi) is 6.83. The minimum Gasteiger partial charge on any atom is -0.481 e. The lowest BCUT2D eigenvalue weighted by molar-refractivity contribution is -0.136. The van der Waals surface area contributed by atoms with E-state index >= 15 is 0 Å². The minimum atomic E-state index is -3.69. The lowest BCUT2D eigenvalue weighted by Gasteiger charge is -2.14. The van der Waals surface area contributed by atoms with Crippen molar-refractivity contribution in [1.82, 2.24) is 9.29 Å². The molecule has 0 aliphatic carbocycles. The van der Waals surface area contributed by atoms with E-state index in [-0.39, 0.29) is 17.9 Å². The highest BCUT2D eigenvalue weighted by atomic mass is 35.5. The quantitative estimate of drug-likeness (QED) is 0.353. The first-order valence-electron chi connectivity index (χ1n) is 10.5. The summed E-state index contributed by atoms with van der Waals surface area (Å²) in [5, 5.41) is 10.7. The predicted octanol–water partition coefficient (Wildman–Crippen LogP) is 4.96. The molecule has 3 aromatic carbocycles. The Morgan fingerprint density at radius 2 is 1.61 bits per heavy atom. The van der Waals surface area contributed by atoms with Crippen molar-refractivity contribution in [2.24, 2.45) is 0 Å². The molecule has 6 nitrogen and oxygen atoms in total. The molecular formula is C25H23ClN2O4S. The van der Waals surface area contributed by atoms with Crippen molar-refractivity contribution in [3.05, 3.63) is 89.4 Å². The third kappa shape index (κ3) is 5.11. The van der Waals surface area contributed by atoms with Gasteiger partial charge in [0.1, 0.15) is 0 Å². The van der Waals surface area contributed by atoms with Crippen LogP contribution in [0.1, 0.15) is 12.0 Å². The van der Waals surface area contributed by atoms with E-state index in [1.54, 1.807) is 0 Å². The Morgan fingerprint density at radius 1 is 0.939 bits per heavy atom. The van der Waals surface area contributed by atoms with Gasteiger partial charge in [-0.25, -0.2) is 13.1 Å². The van der Waals surface area contributed by atoms with E-state index in [4.69, 9.17) is 11.6 Å². The number of sulfonamides is 1. The Hall–Kier alpha value is -3.13. The molecule has 0 aliphatic rings. The number of aliphatic carboxylic acids is 1. The maximum absolute atomic E-state index is 12.7. The Labute approximate surface area is 197 Å². The molecule has 0 aliphatic heterocycles. The molecule has 1 aromatic heterocycles. The number of nitrogens with zero attached hydrogens (tertiary/aromatic N) is 1. The molecule has 1 heterocycles. The number of aromatic nitrogens is 1. The van der Waals surface area contributed by atoms with Gasteiger partial charge in [0.15, 0.2) is 0 Å². The molecule has 4 aromatic rings. The largest absolute Gasteiger partial charge is 0.481 e. The van der Waals surface area contributed by atoms with Gasteiger partial charge < -0.3 is 9.67 Å². The van der Waals surface area contributed by atoms with Crippen LogP contribution in [0.25, 0.3) is 22.2 Å². The first-order chi connectivity index (χ1) is 15.9. The number of carboxylic acids is 1. The van der Waals surface area contributed by atoms with Gasteiger partial charge >= 0.3 is 5.97 Å². The van der Waals surface area contributed by atoms with Gasteiger partial charge in [-0.3, -0.25) is 4.79 Å². The summed E-state index contributed by atoms with van der Waals surface area (Å²) >= 11 is 5.87. The van der Waals surface area contributed by atoms with E-state index in [9.17, 15) is 18.3 Å². The fourth-order valence-electron chi connectivity index (χ4n) is 4.01. The highest BCUT2D eigenvalue weighted by Gasteiger charge is 2.20. The zero-order valence-corrected chi connectivity index (χ0v) is 19.3. The summed E-state index contributed by atoms with van der Waals surface area (Å²) in [7, 11) is -3.69. The number of carbonyl (C=O) groups is 1. The van der Waals surface area contributed by atoms with E-state index in [0.29, 0.717) is 18.0 Å². The summed E-state index contributed by atoms with van der Waals surface area (Å²) in [5.41, 5.74) is 3.74. The molecule has 0 amide bonds. The van der Waals surface area contributed by atoms with Crippen LogP contribution in [0.2, 0.25) is 5.02 Å². The zero-order valence-electron chi connectivity index (χ0n) is 17.7. The van der Waals surface area contributed by atoms with Crippen molar-refractivity contribution < 1.29 is 18.3 Å². The highest BCUT2D eigenvalue weighted by Crippen LogP contribution is 2.34. The Bertz CT molecular complexity index is 1380. The SMILES string of the molecule is O=C(O)CCc1c(-c2ccccc2)n(CCNS(=O)(=O)c2ccc(Cl)cc2)c2ccccc12. The van der Waals surface area contributed by atoms with Gasteiger partial charge in [0.05, 0.1) is 10.6 Å². The van der Waals surface area contributed by atoms with Gasteiger partial charge in [0.2, 0.25) is 10.0 Å². The summed E-state index contributed by atoms with van der Waals surface area (Å²) < 4.78 is 30.1. The van der Waals surface area contributed by atoms with E-state index in [1.165, 1.54) is 24.3 Å². The normalized spacial score (nSPS) is 11.7. The van der Waals surface area contributed by atoms with Gasteiger partial charge in [-0.15, -0.1) is 0 Å². The molecule has 4 rings (SSSR count). The number of nitrogens with one attached hydrogen (secondary N) is 1. The van der Waals surface area contributed by atoms with Gasteiger partial charge in [-0.05, 0) is 47.9 Å². The molecule has 0 spiro atoms. The molecule has 0 radical (unpaired) electrons. The number of hydrogen-bond donors (Lipinski definition) is 2. The second-order valence-corrected chi connectivity index (χ2v) is 9.81. The van der Waals surface area contributed by atoms with Gasteiger partial charge in [0, 0.05) is 35.4 Å². The summed E-state index contributed by atoms with van der Waals surface area (Å²) in [4.78, 5) is 11.5. The zero-order chi connectivity index (χ0) is 23.4. The Morgan fingerprint density at radius 3 is 2.30 bits per heavy atom. The van der Waals surface area contributed by atoms with E-state index < -0.39 is 16.0 Å². The predicted molar refractivity (Wildman–Crippen MR) is 130 cm³/mol. The van der Waals surface area contributed by atoms with Crippen LogP contribution in [0.15, 0.2) is 83.8 Å². The van der Waals surface area contributed by atoms with Crippen molar-refractivity contribution in [2.45, 2.75) is 24.3 Å². The molecular weight excluding hydrogens is 460 g/mol. The summed E-state index contributed by atoms with van der Waals surface area (Å²) in [6.45, 7) is 0.548. The first-order valence-corrected chi connectivity index (χ1v) is 12.4. The third-order valence-corrected chi connectivity index (χ3v) is 7.19. The topological polar surface area (TPSA) is 88.4 Å². The van der Waals surface area contributed by atoms with Crippen molar-refractivity contribution in [3.8, 4) is 11.3 Å². The number of benzene rings is 3. The van der Waals surface area contributed by atoms with Crippen LogP contribution in [0.4, 0.5) is 0 Å². The molecule has 0 atom stereocenters. The number of aryl methyl sites for hydroxylation is 1. The molecule has 0 fully saturated rings.